The molecule has 5 heteroatoms. The van der Waals surface area contributed by atoms with Crippen molar-refractivity contribution in [3.63, 3.8) is 0 Å². The number of rotatable bonds is 5. The summed E-state index contributed by atoms with van der Waals surface area (Å²) in [5, 5.41) is 8.91. The number of aromatic nitrogens is 1. The summed E-state index contributed by atoms with van der Waals surface area (Å²) >= 11 is 0. The fourth-order valence-electron chi connectivity index (χ4n) is 2.24. The average molecular weight is 251 g/mol. The highest BCUT2D eigenvalue weighted by molar-refractivity contribution is 5.98. The molecule has 1 aliphatic rings. The molecule has 0 saturated carbocycles. The normalized spacial score (nSPS) is 19.1. The lowest BCUT2D eigenvalue weighted by Gasteiger charge is -2.07. The number of carbonyl (C=O) groups is 2. The van der Waals surface area contributed by atoms with Gasteiger partial charge in [-0.1, -0.05) is 0 Å². The van der Waals surface area contributed by atoms with Crippen LogP contribution in [0.1, 0.15) is 46.5 Å². The summed E-state index contributed by atoms with van der Waals surface area (Å²) < 4.78 is 6.91. The third kappa shape index (κ3) is 2.79. The molecule has 0 bridgehead atoms. The van der Waals surface area contributed by atoms with E-state index in [-0.39, 0.29) is 17.6 Å². The first-order valence-corrected chi connectivity index (χ1v) is 6.12. The van der Waals surface area contributed by atoms with E-state index in [1.165, 1.54) is 10.6 Å². The number of hydrogen-bond acceptors (Lipinski definition) is 3. The highest BCUT2D eigenvalue weighted by Gasteiger charge is 2.19. The molecule has 2 heterocycles. The third-order valence-electron chi connectivity index (χ3n) is 3.26. The van der Waals surface area contributed by atoms with E-state index >= 15 is 0 Å². The Kier molecular flexibility index (Phi) is 3.81. The smallest absolute Gasteiger partial charge is 0.352 e. The molecule has 1 aromatic heterocycles. The van der Waals surface area contributed by atoms with Gasteiger partial charge in [0.15, 0.2) is 5.78 Å². The van der Waals surface area contributed by atoms with Gasteiger partial charge in [-0.15, -0.1) is 0 Å². The first-order chi connectivity index (χ1) is 8.58. The molecule has 1 N–H and O–H groups in total. The van der Waals surface area contributed by atoms with Gasteiger partial charge in [0.25, 0.3) is 0 Å². The van der Waals surface area contributed by atoms with Crippen molar-refractivity contribution in [2.75, 3.05) is 6.61 Å². The quantitative estimate of drug-likeness (QED) is 0.811. The van der Waals surface area contributed by atoms with Crippen LogP contribution in [0.3, 0.4) is 0 Å². The molecule has 1 saturated heterocycles. The van der Waals surface area contributed by atoms with Gasteiger partial charge in [0, 0.05) is 31.8 Å². The molecule has 0 amide bonds. The molecule has 18 heavy (non-hydrogen) atoms. The zero-order chi connectivity index (χ0) is 13.1. The Hall–Kier alpha value is -1.62. The molecule has 1 fully saturated rings. The van der Waals surface area contributed by atoms with Crippen molar-refractivity contribution in [1.29, 1.82) is 0 Å². The van der Waals surface area contributed by atoms with Gasteiger partial charge < -0.3 is 14.4 Å². The summed E-state index contributed by atoms with van der Waals surface area (Å²) in [5.41, 5.74) is 0.600. The van der Waals surface area contributed by atoms with E-state index in [0.29, 0.717) is 12.0 Å². The average Bonchev–Trinajstić information content (AvgIpc) is 2.94. The maximum absolute atomic E-state index is 11.9. The molecule has 0 aliphatic carbocycles. The number of carboxylic acids is 1. The van der Waals surface area contributed by atoms with Crippen LogP contribution in [-0.2, 0) is 11.8 Å². The van der Waals surface area contributed by atoms with Crippen molar-refractivity contribution in [3.8, 4) is 0 Å². The maximum Gasteiger partial charge on any atom is 0.352 e. The number of ether oxygens (including phenoxy) is 1. The lowest BCUT2D eigenvalue weighted by atomic mass is 10.1. The second-order valence-electron chi connectivity index (χ2n) is 4.63. The number of aromatic carboxylic acids is 1. The van der Waals surface area contributed by atoms with Crippen molar-refractivity contribution < 1.29 is 19.4 Å². The predicted molar refractivity (Wildman–Crippen MR) is 64.9 cm³/mol. The second kappa shape index (κ2) is 5.35. The van der Waals surface area contributed by atoms with Gasteiger partial charge in [-0.25, -0.2) is 4.79 Å². The monoisotopic (exact) mass is 251 g/mol. The number of carbonyl (C=O) groups excluding carboxylic acids is 1. The van der Waals surface area contributed by atoms with Crippen LogP contribution in [0.25, 0.3) is 0 Å². The van der Waals surface area contributed by atoms with Crippen molar-refractivity contribution in [2.45, 2.75) is 31.8 Å². The number of ketones is 1. The number of Topliss-reactive ketones (excluding diaryl/α,β-unsaturated/α-hetero) is 1. The first kappa shape index (κ1) is 12.8. The highest BCUT2D eigenvalue weighted by Crippen LogP contribution is 2.19. The fraction of sp³-hybridized carbons (Fsp3) is 0.538. The van der Waals surface area contributed by atoms with E-state index in [9.17, 15) is 9.59 Å². The predicted octanol–water partition coefficient (Wildman–Crippen LogP) is 1.87. The molecular weight excluding hydrogens is 234 g/mol. The van der Waals surface area contributed by atoms with Crippen LogP contribution in [0.4, 0.5) is 0 Å². The van der Waals surface area contributed by atoms with Crippen LogP contribution in [0.2, 0.25) is 0 Å². The molecule has 1 unspecified atom stereocenters. The topological polar surface area (TPSA) is 68.5 Å². The molecular formula is C13H17NO4. The summed E-state index contributed by atoms with van der Waals surface area (Å²) in [7, 11) is 1.63. The Labute approximate surface area is 105 Å². The SMILES string of the molecule is Cn1cc(C(=O)CCC2CCCO2)cc1C(=O)O. The lowest BCUT2D eigenvalue weighted by Crippen LogP contribution is -2.08. The zero-order valence-corrected chi connectivity index (χ0v) is 10.4. The van der Waals surface area contributed by atoms with Gasteiger partial charge in [0.05, 0.1) is 6.10 Å². The fourth-order valence-corrected chi connectivity index (χ4v) is 2.24. The van der Waals surface area contributed by atoms with Crippen LogP contribution in [0.5, 0.6) is 0 Å². The molecule has 0 aromatic carbocycles. The van der Waals surface area contributed by atoms with Crippen molar-refractivity contribution in [2.24, 2.45) is 7.05 Å². The Morgan fingerprint density at radius 1 is 1.56 bits per heavy atom. The van der Waals surface area contributed by atoms with Crippen LogP contribution < -0.4 is 0 Å². The molecule has 5 nitrogen and oxygen atoms in total. The summed E-state index contributed by atoms with van der Waals surface area (Å²) in [6, 6.07) is 1.43. The van der Waals surface area contributed by atoms with Gasteiger partial charge in [0.1, 0.15) is 5.69 Å². The van der Waals surface area contributed by atoms with E-state index in [0.717, 1.165) is 25.9 Å². The van der Waals surface area contributed by atoms with E-state index in [1.54, 1.807) is 13.2 Å². The number of carboxylic acid groups (broad SMARTS) is 1. The number of nitrogens with zero attached hydrogens (tertiary/aromatic N) is 1. The molecule has 1 atom stereocenters. The zero-order valence-electron chi connectivity index (χ0n) is 10.4. The largest absolute Gasteiger partial charge is 0.477 e. The van der Waals surface area contributed by atoms with Crippen LogP contribution in [0.15, 0.2) is 12.3 Å². The van der Waals surface area contributed by atoms with Gasteiger partial charge in [-0.3, -0.25) is 4.79 Å². The van der Waals surface area contributed by atoms with Crippen LogP contribution >= 0.6 is 0 Å². The Morgan fingerprint density at radius 3 is 2.89 bits per heavy atom. The number of aryl methyl sites for hydroxylation is 1. The maximum atomic E-state index is 11.9. The minimum atomic E-state index is -1.02. The number of hydrogen-bond donors (Lipinski definition) is 1. The summed E-state index contributed by atoms with van der Waals surface area (Å²) in [4.78, 5) is 22.8. The van der Waals surface area contributed by atoms with Gasteiger partial charge >= 0.3 is 5.97 Å². The second-order valence-corrected chi connectivity index (χ2v) is 4.63. The minimum absolute atomic E-state index is 0.0198. The molecule has 0 spiro atoms. The van der Waals surface area contributed by atoms with E-state index in [2.05, 4.69) is 0 Å². The lowest BCUT2D eigenvalue weighted by molar-refractivity contribution is 0.0686. The first-order valence-electron chi connectivity index (χ1n) is 6.12. The van der Waals surface area contributed by atoms with Crippen molar-refractivity contribution >= 4 is 11.8 Å². The third-order valence-corrected chi connectivity index (χ3v) is 3.26. The molecule has 1 aliphatic heterocycles. The summed E-state index contributed by atoms with van der Waals surface area (Å²) in [6.07, 6.45) is 4.97. The van der Waals surface area contributed by atoms with Crippen LogP contribution in [0, 0.1) is 0 Å². The summed E-state index contributed by atoms with van der Waals surface area (Å²) in [6.45, 7) is 0.785. The van der Waals surface area contributed by atoms with Crippen molar-refractivity contribution in [3.05, 3.63) is 23.5 Å². The standard InChI is InChI=1S/C13H17NO4/c1-14-8-9(7-11(14)13(16)17)12(15)5-4-10-3-2-6-18-10/h7-8,10H,2-6H2,1H3,(H,16,17). The Morgan fingerprint density at radius 2 is 2.33 bits per heavy atom. The highest BCUT2D eigenvalue weighted by atomic mass is 16.5. The molecule has 0 radical (unpaired) electrons. The molecule has 98 valence electrons. The minimum Gasteiger partial charge on any atom is -0.477 e. The van der Waals surface area contributed by atoms with Crippen molar-refractivity contribution in [1.82, 2.24) is 4.57 Å². The Balaban J connectivity index is 1.95. The van der Waals surface area contributed by atoms with Gasteiger partial charge in [0.2, 0.25) is 0 Å². The van der Waals surface area contributed by atoms with E-state index in [4.69, 9.17) is 9.84 Å². The summed E-state index contributed by atoms with van der Waals surface area (Å²) in [5.74, 6) is -1.04. The van der Waals surface area contributed by atoms with Crippen LogP contribution in [-0.4, -0.2) is 34.1 Å². The van der Waals surface area contributed by atoms with E-state index < -0.39 is 5.97 Å². The van der Waals surface area contributed by atoms with E-state index in [1.807, 2.05) is 0 Å². The molecule has 1 aromatic rings. The van der Waals surface area contributed by atoms with Gasteiger partial charge in [-0.2, -0.15) is 0 Å². The van der Waals surface area contributed by atoms with Gasteiger partial charge in [-0.05, 0) is 25.3 Å². The Bertz CT molecular complexity index is 458. The molecule has 2 rings (SSSR count).